The number of para-hydroxylation sites is 1. The lowest BCUT2D eigenvalue weighted by atomic mass is 10.0. The molecule has 7 heteroatoms. The Balaban J connectivity index is 0.00000196. The first kappa shape index (κ1) is 18.0. The Morgan fingerprint density at radius 1 is 1.04 bits per heavy atom. The lowest BCUT2D eigenvalue weighted by Gasteiger charge is -2.27. The first-order chi connectivity index (χ1) is 12.1. The third-order valence-electron chi connectivity index (χ3n) is 4.44. The summed E-state index contributed by atoms with van der Waals surface area (Å²) < 4.78 is 1.94. The number of pyridine rings is 1. The highest BCUT2D eigenvalue weighted by atomic mass is 79.9. The largest absolute Gasteiger partial charge is 1.00 e. The second-order valence-electron chi connectivity index (χ2n) is 5.98. The standard InChI is InChI=1S/C19H16N3O3.BrH/c23-19(15-7-6-10-17(13-15)22(24)25)14-20-12-5-4-11-18(20)21(19)16-8-2-1-3-9-16;/h1-13,23H,14H2;1H/q+1;/p-1. The minimum Gasteiger partial charge on any atom is -1.00 e. The Kier molecular flexibility index (Phi) is 4.76. The van der Waals surface area contributed by atoms with E-state index in [0.717, 1.165) is 11.5 Å². The van der Waals surface area contributed by atoms with Crippen molar-refractivity contribution in [3.05, 3.63) is 94.7 Å². The molecule has 6 nitrogen and oxygen atoms in total. The number of nitrogens with zero attached hydrogens (tertiary/aromatic N) is 3. The van der Waals surface area contributed by atoms with Gasteiger partial charge in [-0.2, -0.15) is 4.90 Å². The van der Waals surface area contributed by atoms with E-state index in [-0.39, 0.29) is 29.2 Å². The second-order valence-corrected chi connectivity index (χ2v) is 5.98. The molecule has 3 aromatic rings. The highest BCUT2D eigenvalue weighted by Gasteiger charge is 2.53. The second kappa shape index (κ2) is 6.86. The van der Waals surface area contributed by atoms with Crippen LogP contribution in [0, 0.1) is 10.1 Å². The van der Waals surface area contributed by atoms with Gasteiger partial charge >= 0.3 is 0 Å². The first-order valence-corrected chi connectivity index (χ1v) is 7.91. The van der Waals surface area contributed by atoms with E-state index < -0.39 is 10.6 Å². The fourth-order valence-corrected chi connectivity index (χ4v) is 3.31. The van der Waals surface area contributed by atoms with Crippen LogP contribution in [0.4, 0.5) is 17.2 Å². The summed E-state index contributed by atoms with van der Waals surface area (Å²) in [4.78, 5) is 12.5. The molecule has 0 aliphatic carbocycles. The average Bonchev–Trinajstić information content (AvgIpc) is 2.95. The van der Waals surface area contributed by atoms with Gasteiger partial charge in [0.25, 0.3) is 17.2 Å². The predicted octanol–water partition coefficient (Wildman–Crippen LogP) is -0.117. The number of hydrogen-bond acceptors (Lipinski definition) is 4. The van der Waals surface area contributed by atoms with Crippen LogP contribution in [0.2, 0.25) is 0 Å². The number of aliphatic hydroxyl groups is 1. The van der Waals surface area contributed by atoms with E-state index >= 15 is 0 Å². The SMILES string of the molecule is O=[N+]([O-])c1cccc(C2(O)C[n+]3ccccc3N2c2ccccc2)c1.[Br-]. The molecular formula is C19H16BrN3O3. The lowest BCUT2D eigenvalue weighted by Crippen LogP contribution is -3.00. The number of nitro benzene ring substituents is 1. The molecular weight excluding hydrogens is 398 g/mol. The van der Waals surface area contributed by atoms with Crippen LogP contribution in [0.3, 0.4) is 0 Å². The normalized spacial score (nSPS) is 18.1. The van der Waals surface area contributed by atoms with Gasteiger partial charge in [0.15, 0.2) is 6.54 Å². The van der Waals surface area contributed by atoms with E-state index in [4.69, 9.17) is 0 Å². The Bertz CT molecular complexity index is 952. The van der Waals surface area contributed by atoms with Gasteiger partial charge in [-0.05, 0) is 18.2 Å². The quantitative estimate of drug-likeness (QED) is 0.369. The van der Waals surface area contributed by atoms with Crippen molar-refractivity contribution < 1.29 is 31.6 Å². The summed E-state index contributed by atoms with van der Waals surface area (Å²) in [5.41, 5.74) is -0.162. The summed E-state index contributed by atoms with van der Waals surface area (Å²) in [5, 5.41) is 22.7. The van der Waals surface area contributed by atoms with Gasteiger partial charge in [-0.3, -0.25) is 10.1 Å². The number of benzene rings is 2. The number of anilines is 2. The van der Waals surface area contributed by atoms with Gasteiger partial charge in [-0.25, -0.2) is 4.57 Å². The molecule has 1 unspecified atom stereocenters. The molecule has 0 saturated heterocycles. The van der Waals surface area contributed by atoms with Crippen molar-refractivity contribution in [3.8, 4) is 0 Å². The van der Waals surface area contributed by atoms with Crippen molar-refractivity contribution in [1.82, 2.24) is 0 Å². The van der Waals surface area contributed by atoms with Crippen molar-refractivity contribution >= 4 is 17.2 Å². The molecule has 0 saturated carbocycles. The third-order valence-corrected chi connectivity index (χ3v) is 4.44. The summed E-state index contributed by atoms with van der Waals surface area (Å²) in [6.45, 7) is 0.277. The topological polar surface area (TPSA) is 70.5 Å². The van der Waals surface area contributed by atoms with Crippen molar-refractivity contribution in [2.24, 2.45) is 0 Å². The Hall–Kier alpha value is -2.77. The third kappa shape index (κ3) is 2.85. The first-order valence-electron chi connectivity index (χ1n) is 7.91. The maximum atomic E-state index is 11.6. The van der Waals surface area contributed by atoms with Gasteiger partial charge in [-0.1, -0.05) is 36.4 Å². The summed E-state index contributed by atoms with van der Waals surface area (Å²) in [5.74, 6) is 0.822. The van der Waals surface area contributed by atoms with Crippen LogP contribution < -0.4 is 26.4 Å². The fraction of sp³-hybridized carbons (Fsp3) is 0.105. The number of fused-ring (bicyclic) bond motifs is 1. The zero-order valence-corrected chi connectivity index (χ0v) is 15.3. The molecule has 1 aromatic heterocycles. The zero-order chi connectivity index (χ0) is 17.4. The van der Waals surface area contributed by atoms with E-state index in [0.29, 0.717) is 5.56 Å². The average molecular weight is 414 g/mol. The molecule has 0 fully saturated rings. The molecule has 1 aliphatic heterocycles. The molecule has 1 aliphatic rings. The minimum absolute atomic E-state index is 0. The van der Waals surface area contributed by atoms with Crippen LogP contribution in [-0.2, 0) is 12.3 Å². The minimum atomic E-state index is -1.41. The van der Waals surface area contributed by atoms with Crippen molar-refractivity contribution in [2.45, 2.75) is 12.3 Å². The fourth-order valence-electron chi connectivity index (χ4n) is 3.31. The molecule has 2 heterocycles. The number of hydrogen-bond donors (Lipinski definition) is 1. The van der Waals surface area contributed by atoms with Crippen LogP contribution in [0.5, 0.6) is 0 Å². The summed E-state index contributed by atoms with van der Waals surface area (Å²) >= 11 is 0. The number of non-ortho nitro benzene ring substituents is 1. The summed E-state index contributed by atoms with van der Waals surface area (Å²) in [6, 6.07) is 21.4. The Morgan fingerprint density at radius 2 is 1.77 bits per heavy atom. The van der Waals surface area contributed by atoms with Crippen molar-refractivity contribution in [1.29, 1.82) is 0 Å². The van der Waals surface area contributed by atoms with E-state index in [2.05, 4.69) is 0 Å². The van der Waals surface area contributed by atoms with Crippen LogP contribution in [0.1, 0.15) is 5.56 Å². The highest BCUT2D eigenvalue weighted by molar-refractivity contribution is 5.62. The van der Waals surface area contributed by atoms with Crippen LogP contribution in [0.15, 0.2) is 79.0 Å². The van der Waals surface area contributed by atoms with Crippen LogP contribution in [-0.4, -0.2) is 10.0 Å². The van der Waals surface area contributed by atoms with Gasteiger partial charge in [0, 0.05) is 23.8 Å². The van der Waals surface area contributed by atoms with Gasteiger partial charge in [0.1, 0.15) is 5.69 Å². The highest BCUT2D eigenvalue weighted by Crippen LogP contribution is 2.41. The molecule has 4 rings (SSSR count). The maximum Gasteiger partial charge on any atom is 0.284 e. The zero-order valence-electron chi connectivity index (χ0n) is 13.7. The molecule has 26 heavy (non-hydrogen) atoms. The van der Waals surface area contributed by atoms with Gasteiger partial charge in [0.05, 0.1) is 11.1 Å². The van der Waals surface area contributed by atoms with E-state index in [1.165, 1.54) is 12.1 Å². The molecule has 0 bridgehead atoms. The van der Waals surface area contributed by atoms with E-state index in [9.17, 15) is 15.2 Å². The maximum absolute atomic E-state index is 11.6. The lowest BCUT2D eigenvalue weighted by molar-refractivity contribution is -0.683. The van der Waals surface area contributed by atoms with Crippen LogP contribution >= 0.6 is 0 Å². The molecule has 1 N–H and O–H groups in total. The predicted molar refractivity (Wildman–Crippen MR) is 92.2 cm³/mol. The van der Waals surface area contributed by atoms with Gasteiger partial charge < -0.3 is 22.1 Å². The number of nitro groups is 1. The van der Waals surface area contributed by atoms with E-state index in [1.54, 1.807) is 12.1 Å². The van der Waals surface area contributed by atoms with Crippen molar-refractivity contribution in [2.75, 3.05) is 4.90 Å². The number of rotatable bonds is 3. The Labute approximate surface area is 160 Å². The molecule has 0 radical (unpaired) electrons. The summed E-state index contributed by atoms with van der Waals surface area (Å²) in [7, 11) is 0. The van der Waals surface area contributed by atoms with Gasteiger partial charge in [-0.15, -0.1) is 0 Å². The molecule has 2 aromatic carbocycles. The van der Waals surface area contributed by atoms with Crippen molar-refractivity contribution in [3.63, 3.8) is 0 Å². The van der Waals surface area contributed by atoms with E-state index in [1.807, 2.05) is 64.2 Å². The monoisotopic (exact) mass is 413 g/mol. The van der Waals surface area contributed by atoms with Crippen LogP contribution in [0.25, 0.3) is 0 Å². The smallest absolute Gasteiger partial charge is 0.284 e. The summed E-state index contributed by atoms with van der Waals surface area (Å²) in [6.07, 6.45) is 1.89. The number of halogens is 1. The Morgan fingerprint density at radius 3 is 2.50 bits per heavy atom. The molecule has 0 spiro atoms. The van der Waals surface area contributed by atoms with Gasteiger partial charge in [0.2, 0.25) is 0 Å². The number of aromatic nitrogens is 1. The molecule has 1 atom stereocenters. The molecule has 0 amide bonds. The molecule has 132 valence electrons.